The van der Waals surface area contributed by atoms with E-state index in [9.17, 15) is 0 Å². The quantitative estimate of drug-likeness (QED) is 0.140. The number of hydrogen-bond acceptors (Lipinski definition) is 2. The molecule has 2 nitrogen and oxygen atoms in total. The summed E-state index contributed by atoms with van der Waals surface area (Å²) in [6, 6.07) is 91.2. The number of hydrogen-bond donors (Lipinski definition) is 0. The molecule has 0 amide bonds. The Hall–Kier alpha value is -8.46. The molecular weight excluding hydrogens is 905 g/mol. The maximum Gasteiger partial charge on any atom is 0.0540 e. The molecule has 2 heteroatoms. The number of nitrogens with zero attached hydrogens (tertiary/aromatic N) is 2. The smallest absolute Gasteiger partial charge is 0.0540 e. The predicted octanol–water partition coefficient (Wildman–Crippen LogP) is 20.4. The molecule has 0 radical (unpaired) electrons. The third kappa shape index (κ3) is 6.85. The fourth-order valence-electron chi connectivity index (χ4n) is 15.1. The zero-order chi connectivity index (χ0) is 49.8. The largest absolute Gasteiger partial charge is 0.310 e. The second kappa shape index (κ2) is 17.3. The highest BCUT2D eigenvalue weighted by atomic mass is 15.1. The van der Waals surface area contributed by atoms with Crippen LogP contribution in [0.2, 0.25) is 0 Å². The summed E-state index contributed by atoms with van der Waals surface area (Å²) in [5, 5.41) is 10.0. The Morgan fingerprint density at radius 2 is 0.880 bits per heavy atom. The fraction of sp³-hybridized carbons (Fsp3) is 0.151. The first kappa shape index (κ1) is 44.1. The number of rotatable bonds is 8. The molecule has 2 saturated carbocycles. The van der Waals surface area contributed by atoms with Crippen molar-refractivity contribution >= 4 is 77.2 Å². The zero-order valence-electron chi connectivity index (χ0n) is 42.6. The Morgan fingerprint density at radius 3 is 1.60 bits per heavy atom. The molecule has 75 heavy (non-hydrogen) atoms. The molecule has 0 aromatic heterocycles. The molecule has 0 N–H and O–H groups in total. The molecule has 15 rings (SSSR count). The van der Waals surface area contributed by atoms with Crippen LogP contribution in [-0.2, 0) is 5.41 Å². The Labute approximate surface area is 440 Å². The van der Waals surface area contributed by atoms with Crippen molar-refractivity contribution in [3.63, 3.8) is 0 Å². The van der Waals surface area contributed by atoms with Gasteiger partial charge in [0.15, 0.2) is 0 Å². The van der Waals surface area contributed by atoms with Gasteiger partial charge in [0.25, 0.3) is 0 Å². The van der Waals surface area contributed by atoms with E-state index in [0.29, 0.717) is 11.8 Å². The molecule has 12 aromatic rings. The molecular formula is C73H58N2. The van der Waals surface area contributed by atoms with E-state index in [-0.39, 0.29) is 5.41 Å². The van der Waals surface area contributed by atoms with Gasteiger partial charge in [0, 0.05) is 38.9 Å². The van der Waals surface area contributed by atoms with Crippen LogP contribution >= 0.6 is 0 Å². The maximum absolute atomic E-state index is 2.57. The predicted molar refractivity (Wildman–Crippen MR) is 318 cm³/mol. The van der Waals surface area contributed by atoms with Crippen LogP contribution in [-0.4, -0.2) is 0 Å². The average Bonchev–Trinajstić information content (AvgIpc) is 3.94. The van der Waals surface area contributed by atoms with E-state index in [0.717, 1.165) is 34.6 Å². The van der Waals surface area contributed by atoms with Crippen molar-refractivity contribution in [2.45, 2.75) is 44.9 Å². The molecule has 2 fully saturated rings. The highest BCUT2D eigenvalue weighted by molar-refractivity contribution is 6.28. The number of benzene rings is 12. The van der Waals surface area contributed by atoms with Gasteiger partial charge in [0.2, 0.25) is 0 Å². The molecule has 12 aromatic carbocycles. The van der Waals surface area contributed by atoms with E-state index in [1.165, 1.54) is 114 Å². The molecule has 1 spiro atoms. The maximum atomic E-state index is 2.57. The Bertz CT molecular complexity index is 4110. The molecule has 0 saturated heterocycles. The summed E-state index contributed by atoms with van der Waals surface area (Å²) in [5.74, 6) is 2.87. The third-order valence-electron chi connectivity index (χ3n) is 18.1. The monoisotopic (exact) mass is 962 g/mol. The summed E-state index contributed by atoms with van der Waals surface area (Å²) in [4.78, 5) is 4.99. The highest BCUT2D eigenvalue weighted by Crippen LogP contribution is 2.65. The fourth-order valence-corrected chi connectivity index (χ4v) is 15.1. The first-order chi connectivity index (χ1) is 37.0. The Morgan fingerprint density at radius 1 is 0.347 bits per heavy atom. The van der Waals surface area contributed by atoms with Gasteiger partial charge in [-0.05, 0) is 187 Å². The van der Waals surface area contributed by atoms with E-state index in [2.05, 4.69) is 266 Å². The molecule has 0 heterocycles. The van der Waals surface area contributed by atoms with Crippen molar-refractivity contribution in [2.24, 2.45) is 23.7 Å². The molecule has 5 atom stereocenters. The normalized spacial score (nSPS) is 19.7. The van der Waals surface area contributed by atoms with Crippen molar-refractivity contribution in [3.8, 4) is 33.4 Å². The minimum atomic E-state index is 0.0502. The summed E-state index contributed by atoms with van der Waals surface area (Å²) < 4.78 is 0. The lowest BCUT2D eigenvalue weighted by atomic mass is 9.49. The Balaban J connectivity index is 0.898. The molecule has 0 aliphatic heterocycles. The van der Waals surface area contributed by atoms with Crippen molar-refractivity contribution in [3.05, 3.63) is 254 Å². The molecule has 3 aliphatic rings. The standard InChI is InChI=1S/C73H58N2/c1-47-42-49-44-48(2)73(56(43-47)45-49)67-23-12-11-21-63(67)66-46-60(36-39-68(66)73)75(57-18-7-4-8-19-57)70-41-31-55-28-37-64-69(40-30-54-29-38-65(70)72(55)71(54)64)74(58-32-24-51(25-33-58)50-14-5-3-6-15-50)59-34-26-53(27-35-59)62-22-13-17-52-16-9-10-20-61(52)62/h3-41,46-49,56H,42-45H2,1-2H3. The van der Waals surface area contributed by atoms with Gasteiger partial charge < -0.3 is 9.80 Å². The van der Waals surface area contributed by atoms with E-state index in [1.807, 2.05) is 0 Å². The minimum Gasteiger partial charge on any atom is -0.310 e. The lowest BCUT2D eigenvalue weighted by Crippen LogP contribution is -2.49. The van der Waals surface area contributed by atoms with Crippen LogP contribution in [0.4, 0.5) is 34.1 Å². The van der Waals surface area contributed by atoms with Crippen molar-refractivity contribution in [1.29, 1.82) is 0 Å². The molecule has 2 bridgehead atoms. The van der Waals surface area contributed by atoms with Crippen LogP contribution in [0.5, 0.6) is 0 Å². The summed E-state index contributed by atoms with van der Waals surface area (Å²) in [7, 11) is 0. The molecule has 3 aliphatic carbocycles. The van der Waals surface area contributed by atoms with Crippen molar-refractivity contribution in [1.82, 2.24) is 0 Å². The minimum absolute atomic E-state index is 0.0502. The Kier molecular flexibility index (Phi) is 10.2. The molecule has 360 valence electrons. The van der Waals surface area contributed by atoms with Crippen LogP contribution in [0.3, 0.4) is 0 Å². The van der Waals surface area contributed by atoms with Crippen LogP contribution in [0.25, 0.3) is 76.5 Å². The second-order valence-corrected chi connectivity index (χ2v) is 22.2. The van der Waals surface area contributed by atoms with Gasteiger partial charge in [0.1, 0.15) is 0 Å². The van der Waals surface area contributed by atoms with Gasteiger partial charge in [-0.1, -0.05) is 196 Å². The van der Waals surface area contributed by atoms with E-state index in [4.69, 9.17) is 0 Å². The zero-order valence-corrected chi connectivity index (χ0v) is 42.6. The number of para-hydroxylation sites is 1. The first-order valence-corrected chi connectivity index (χ1v) is 27.3. The summed E-state index contributed by atoms with van der Waals surface area (Å²) in [5.41, 5.74) is 17.8. The summed E-state index contributed by atoms with van der Waals surface area (Å²) in [6.07, 6.45) is 5.36. The third-order valence-corrected chi connectivity index (χ3v) is 18.1. The highest BCUT2D eigenvalue weighted by Gasteiger charge is 2.56. The van der Waals surface area contributed by atoms with Gasteiger partial charge in [0.05, 0.1) is 11.4 Å². The van der Waals surface area contributed by atoms with Gasteiger partial charge in [-0.3, -0.25) is 0 Å². The van der Waals surface area contributed by atoms with Gasteiger partial charge >= 0.3 is 0 Å². The van der Waals surface area contributed by atoms with E-state index < -0.39 is 0 Å². The van der Waals surface area contributed by atoms with Gasteiger partial charge in [-0.2, -0.15) is 0 Å². The first-order valence-electron chi connectivity index (χ1n) is 27.3. The lowest BCUT2D eigenvalue weighted by molar-refractivity contribution is 0.0426. The topological polar surface area (TPSA) is 6.48 Å². The number of fused-ring (bicyclic) bond motifs is 9. The van der Waals surface area contributed by atoms with Gasteiger partial charge in [-0.15, -0.1) is 0 Å². The second-order valence-electron chi connectivity index (χ2n) is 22.2. The SMILES string of the molecule is CC1CC2CC(C)C3(c4ccccc4-c4cc(N(c5ccccc5)c5ccc6ccc7c(N(c8ccc(-c9ccccc9)cc8)c8ccc(-c9cccc%10ccccc9%10)cc8)ccc8ccc5c6c87)ccc43)C(C1)C2. The average molecular weight is 963 g/mol. The van der Waals surface area contributed by atoms with Crippen LogP contribution < -0.4 is 9.80 Å². The number of anilines is 6. The summed E-state index contributed by atoms with van der Waals surface area (Å²) in [6.45, 7) is 5.08. The van der Waals surface area contributed by atoms with Crippen LogP contribution in [0, 0.1) is 23.7 Å². The van der Waals surface area contributed by atoms with E-state index in [1.54, 1.807) is 11.1 Å². The van der Waals surface area contributed by atoms with Gasteiger partial charge in [-0.25, -0.2) is 0 Å². The molecule has 5 unspecified atom stereocenters. The van der Waals surface area contributed by atoms with Crippen molar-refractivity contribution in [2.75, 3.05) is 9.80 Å². The lowest BCUT2D eigenvalue weighted by Gasteiger charge is -2.54. The van der Waals surface area contributed by atoms with Crippen molar-refractivity contribution < 1.29 is 0 Å². The van der Waals surface area contributed by atoms with E-state index >= 15 is 0 Å². The summed E-state index contributed by atoms with van der Waals surface area (Å²) >= 11 is 0. The van der Waals surface area contributed by atoms with Crippen LogP contribution in [0.15, 0.2) is 243 Å². The van der Waals surface area contributed by atoms with Crippen LogP contribution in [0.1, 0.15) is 50.7 Å².